The summed E-state index contributed by atoms with van der Waals surface area (Å²) < 4.78 is 2.03. The van der Waals surface area contributed by atoms with E-state index < -0.39 is 30.4 Å². The molecule has 3 aliphatic heterocycles. The van der Waals surface area contributed by atoms with Crippen molar-refractivity contribution in [1.82, 2.24) is 14.7 Å². The van der Waals surface area contributed by atoms with Crippen molar-refractivity contribution >= 4 is 41.1 Å². The predicted octanol–water partition coefficient (Wildman–Crippen LogP) is 0.317. The number of hydrogen-bond donors (Lipinski definition) is 2. The monoisotopic (exact) mass is 492 g/mol. The second-order valence-electron chi connectivity index (χ2n) is 8.99. The summed E-state index contributed by atoms with van der Waals surface area (Å²) in [6.07, 6.45) is 1.80. The molecule has 0 aliphatic carbocycles. The Labute approximate surface area is 209 Å². The van der Waals surface area contributed by atoms with Crippen molar-refractivity contribution in [2.75, 3.05) is 38.5 Å². The van der Waals surface area contributed by atoms with E-state index in [1.807, 2.05) is 4.58 Å². The molecule has 2 atom stereocenters. The molecule has 4 amide bonds. The minimum absolute atomic E-state index is 0.0127. The largest absolute Gasteiger partial charge is 0.393 e. The fourth-order valence-corrected chi connectivity index (χ4v) is 4.65. The second-order valence-corrected chi connectivity index (χ2v) is 8.99. The summed E-state index contributed by atoms with van der Waals surface area (Å²) in [4.78, 5) is 60.1. The summed E-state index contributed by atoms with van der Waals surface area (Å²) in [5.41, 5.74) is 6.84. The number of hydrogen-bond acceptors (Lipinski definition) is 5. The van der Waals surface area contributed by atoms with Gasteiger partial charge in [0.15, 0.2) is 5.78 Å². The number of guanidine groups is 1. The first-order valence-electron chi connectivity index (χ1n) is 11.8. The van der Waals surface area contributed by atoms with E-state index in [-0.39, 0.29) is 18.4 Å². The molecule has 1 aromatic carbocycles. The first-order chi connectivity index (χ1) is 17.2. The van der Waals surface area contributed by atoms with Crippen LogP contribution in [0.25, 0.3) is 0 Å². The quantitative estimate of drug-likeness (QED) is 0.346. The number of nitrogens with two attached hydrogens (primary N) is 1. The minimum Gasteiger partial charge on any atom is -0.325 e. The van der Waals surface area contributed by atoms with Crippen LogP contribution in [-0.4, -0.2) is 100 Å². The highest BCUT2D eigenvalue weighted by Crippen LogP contribution is 2.24. The Bertz CT molecular complexity index is 1240. The lowest BCUT2D eigenvalue weighted by Crippen LogP contribution is -2.65. The van der Waals surface area contributed by atoms with Gasteiger partial charge < -0.3 is 11.1 Å². The van der Waals surface area contributed by atoms with E-state index in [1.54, 1.807) is 36.1 Å². The van der Waals surface area contributed by atoms with E-state index in [0.29, 0.717) is 29.6 Å². The zero-order valence-electron chi connectivity index (χ0n) is 20.7. The topological polar surface area (TPSA) is 131 Å². The number of carbonyl (C=O) groups excluding carboxylic acids is 4. The number of amidine groups is 1. The van der Waals surface area contributed by atoms with E-state index >= 15 is 0 Å². The van der Waals surface area contributed by atoms with Crippen LogP contribution in [0.5, 0.6) is 0 Å². The van der Waals surface area contributed by atoms with Crippen molar-refractivity contribution in [3.05, 3.63) is 29.8 Å². The molecule has 188 valence electrons. The number of nitrogens with zero attached hydrogens (tertiary/aromatic N) is 5. The molecule has 0 bridgehead atoms. The third-order valence-corrected chi connectivity index (χ3v) is 6.44. The maximum absolute atomic E-state index is 13.6. The molecule has 11 heteroatoms. The first kappa shape index (κ1) is 25.1. The highest BCUT2D eigenvalue weighted by molar-refractivity contribution is 6.26. The van der Waals surface area contributed by atoms with Crippen LogP contribution in [0.4, 0.5) is 10.5 Å². The highest BCUT2D eigenvalue weighted by atomic mass is 16.2. The fourth-order valence-electron chi connectivity index (χ4n) is 4.65. The smallest absolute Gasteiger partial charge is 0.325 e. The van der Waals surface area contributed by atoms with Crippen LogP contribution in [0.3, 0.4) is 0 Å². The van der Waals surface area contributed by atoms with Gasteiger partial charge in [-0.15, -0.1) is 5.92 Å². The number of nitrogens with one attached hydrogen (secondary N) is 1. The molecule has 0 saturated carbocycles. The van der Waals surface area contributed by atoms with Gasteiger partial charge in [0.2, 0.25) is 17.8 Å². The Morgan fingerprint density at radius 1 is 1.28 bits per heavy atom. The summed E-state index contributed by atoms with van der Waals surface area (Å²) in [7, 11) is 1.53. The second kappa shape index (κ2) is 10.3. The molecule has 0 aromatic heterocycles. The minimum atomic E-state index is -0.890. The van der Waals surface area contributed by atoms with Crippen LogP contribution < -0.4 is 11.1 Å². The number of rotatable bonds is 5. The lowest BCUT2D eigenvalue weighted by atomic mass is 10.1. The Hall–Kier alpha value is -4.04. The zero-order chi connectivity index (χ0) is 26.0. The molecule has 0 radical (unpaired) electrons. The Morgan fingerprint density at radius 3 is 2.72 bits per heavy atom. The number of anilines is 1. The van der Waals surface area contributed by atoms with Crippen molar-refractivity contribution in [2.45, 2.75) is 38.8 Å². The maximum atomic E-state index is 13.6. The molecule has 3 heterocycles. The number of likely N-dealkylation sites (N-methyl/N-ethyl adjacent to an activating group) is 1. The highest BCUT2D eigenvalue weighted by Gasteiger charge is 2.56. The first-order valence-corrected chi connectivity index (χ1v) is 11.8. The van der Waals surface area contributed by atoms with Gasteiger partial charge in [0.05, 0.1) is 18.8 Å². The van der Waals surface area contributed by atoms with Crippen LogP contribution in [0.2, 0.25) is 0 Å². The molecule has 3 aliphatic rings. The molecule has 36 heavy (non-hydrogen) atoms. The number of piperidine rings is 1. The molecule has 11 nitrogen and oxygen atoms in total. The number of amides is 4. The fraction of sp³-hybridized carbons (Fsp3) is 0.440. The number of aliphatic imine (C=N–C) groups is 1. The standard InChI is InChI=1S/C25H29N7O4/c1-4-5-13-31-21-22(28-24(31)30-12-8-9-17(26)14-30)29(3)25(36)32(23(21)35)15-20(34)27-19-11-7-6-10-18(19)16(2)33/h6-7,10-11,17,21H,8-9,12-15,26H2,1-3H3/p+1/t17-,21?/m1/s1. The molecule has 4 rings (SSSR count). The van der Waals surface area contributed by atoms with Gasteiger partial charge in [0.1, 0.15) is 13.1 Å². The average Bonchev–Trinajstić information content (AvgIpc) is 3.24. The van der Waals surface area contributed by atoms with Gasteiger partial charge in [-0.05, 0) is 38.8 Å². The summed E-state index contributed by atoms with van der Waals surface area (Å²) in [6, 6.07) is 5.02. The zero-order valence-corrected chi connectivity index (χ0v) is 20.7. The number of Topliss-reactive ketones (excluding diaryl/α,β-unsaturated/α-hetero) is 1. The summed E-state index contributed by atoms with van der Waals surface area (Å²) in [6.45, 7) is 4.15. The molecular formula is C25H30N7O4+. The van der Waals surface area contributed by atoms with Gasteiger partial charge in [0.25, 0.3) is 5.91 Å². The lowest BCUT2D eigenvalue weighted by Gasteiger charge is -2.34. The van der Waals surface area contributed by atoms with Crippen LogP contribution in [0.15, 0.2) is 29.3 Å². The van der Waals surface area contributed by atoms with Gasteiger partial charge in [0, 0.05) is 18.7 Å². The normalized spacial score (nSPS) is 23.7. The van der Waals surface area contributed by atoms with Crippen LogP contribution in [-0.2, 0) is 9.59 Å². The lowest BCUT2D eigenvalue weighted by molar-refractivity contribution is -0.544. The van der Waals surface area contributed by atoms with Crippen molar-refractivity contribution < 1.29 is 23.8 Å². The van der Waals surface area contributed by atoms with Crippen LogP contribution in [0, 0.1) is 11.8 Å². The van der Waals surface area contributed by atoms with Crippen molar-refractivity contribution in [3.63, 3.8) is 0 Å². The van der Waals surface area contributed by atoms with Gasteiger partial charge >= 0.3 is 12.0 Å². The van der Waals surface area contributed by atoms with Crippen molar-refractivity contribution in [1.29, 1.82) is 0 Å². The van der Waals surface area contributed by atoms with E-state index in [4.69, 9.17) is 5.73 Å². The van der Waals surface area contributed by atoms with Gasteiger partial charge in [-0.1, -0.05) is 23.0 Å². The number of benzene rings is 1. The van der Waals surface area contributed by atoms with E-state index in [2.05, 4.69) is 22.2 Å². The average molecular weight is 493 g/mol. The van der Waals surface area contributed by atoms with Crippen molar-refractivity contribution in [2.24, 2.45) is 10.7 Å². The Kier molecular flexibility index (Phi) is 7.17. The summed E-state index contributed by atoms with van der Waals surface area (Å²) >= 11 is 0. The molecular weight excluding hydrogens is 462 g/mol. The van der Waals surface area contributed by atoms with Gasteiger partial charge in [-0.3, -0.25) is 28.8 Å². The molecule has 1 aromatic rings. The van der Waals surface area contributed by atoms with E-state index in [9.17, 15) is 19.2 Å². The third-order valence-electron chi connectivity index (χ3n) is 6.44. The van der Waals surface area contributed by atoms with E-state index in [0.717, 1.165) is 24.3 Å². The van der Waals surface area contributed by atoms with E-state index in [1.165, 1.54) is 18.9 Å². The third kappa shape index (κ3) is 4.72. The summed E-state index contributed by atoms with van der Waals surface area (Å²) in [5, 5.41) is 2.65. The molecule has 3 N–H and O–H groups in total. The number of ketones is 1. The van der Waals surface area contributed by atoms with Crippen molar-refractivity contribution in [3.8, 4) is 11.8 Å². The number of para-hydroxylation sites is 1. The summed E-state index contributed by atoms with van der Waals surface area (Å²) in [5.74, 6) is 5.34. The van der Waals surface area contributed by atoms with Gasteiger partial charge in [-0.2, -0.15) is 0 Å². The Balaban J connectivity index is 1.61. The molecule has 1 unspecified atom stereocenters. The number of urea groups is 1. The molecule has 0 spiro atoms. The van der Waals surface area contributed by atoms with Crippen LogP contribution >= 0.6 is 0 Å². The SMILES string of the molecule is CC#CCN1C(=[N+]2CCC[C@@H](N)C2)N=C2C1C(=O)N(CC(=O)Nc1ccccc1C(C)=O)C(=O)N2C. The number of imide groups is 1. The van der Waals surface area contributed by atoms with Crippen LogP contribution in [0.1, 0.15) is 37.0 Å². The number of carbonyl (C=O) groups is 4. The molecule has 2 saturated heterocycles. The Morgan fingerprint density at radius 2 is 2.03 bits per heavy atom. The maximum Gasteiger partial charge on any atom is 0.393 e. The van der Waals surface area contributed by atoms with Gasteiger partial charge in [-0.25, -0.2) is 9.69 Å². The molecule has 2 fully saturated rings. The predicted molar refractivity (Wildman–Crippen MR) is 134 cm³/mol. The number of fused-ring (bicyclic) bond motifs is 1.